The Morgan fingerprint density at radius 1 is 1.22 bits per heavy atom. The summed E-state index contributed by atoms with van der Waals surface area (Å²) >= 11 is 1.68. The van der Waals surface area contributed by atoms with Crippen LogP contribution in [-0.2, 0) is 11.3 Å². The number of aromatic nitrogens is 1. The summed E-state index contributed by atoms with van der Waals surface area (Å²) in [6, 6.07) is 6.36. The third kappa shape index (κ3) is 5.29. The minimum absolute atomic E-state index is 0.186. The largest absolute Gasteiger partial charge is 0.480 e. The van der Waals surface area contributed by atoms with Gasteiger partial charge in [0.05, 0.1) is 5.69 Å². The highest BCUT2D eigenvalue weighted by Gasteiger charge is 2.23. The van der Waals surface area contributed by atoms with Gasteiger partial charge in [-0.3, -0.25) is 4.79 Å². The quantitative estimate of drug-likeness (QED) is 0.720. The smallest absolute Gasteiger partial charge is 0.326 e. The van der Waals surface area contributed by atoms with Crippen molar-refractivity contribution in [1.82, 2.24) is 10.3 Å². The van der Waals surface area contributed by atoms with Gasteiger partial charge in [-0.1, -0.05) is 26.0 Å². The summed E-state index contributed by atoms with van der Waals surface area (Å²) in [5.74, 6) is -1.59. The van der Waals surface area contributed by atoms with Crippen LogP contribution in [0.15, 0.2) is 24.3 Å². The van der Waals surface area contributed by atoms with Gasteiger partial charge in [0.2, 0.25) is 0 Å². The zero-order chi connectivity index (χ0) is 20.1. The van der Waals surface area contributed by atoms with Crippen LogP contribution in [0.2, 0.25) is 0 Å². The molecule has 1 atom stereocenters. The molecule has 146 valence electrons. The summed E-state index contributed by atoms with van der Waals surface area (Å²) in [5.41, 5.74) is 2.57. The highest BCUT2D eigenvalue weighted by molar-refractivity contribution is 7.15. The number of benzene rings is 1. The Hall–Kier alpha value is -2.41. The third-order valence-corrected chi connectivity index (χ3v) is 5.61. The van der Waals surface area contributed by atoms with Crippen LogP contribution >= 0.6 is 11.3 Å². The predicted molar refractivity (Wildman–Crippen MR) is 108 cm³/mol. The molecule has 1 unspecified atom stereocenters. The van der Waals surface area contributed by atoms with Gasteiger partial charge in [0, 0.05) is 23.5 Å². The van der Waals surface area contributed by atoms with Gasteiger partial charge in [-0.25, -0.2) is 9.78 Å². The molecule has 1 aromatic carbocycles. The van der Waals surface area contributed by atoms with Crippen molar-refractivity contribution in [3.8, 4) is 0 Å². The number of anilines is 1. The molecule has 1 aromatic heterocycles. The zero-order valence-electron chi connectivity index (χ0n) is 16.4. The molecule has 0 aliphatic rings. The van der Waals surface area contributed by atoms with Crippen LogP contribution in [0.4, 0.5) is 5.13 Å². The number of aryl methyl sites for hydroxylation is 2. The standard InChI is InChI=1S/C20H27N3O3S/c1-6-23(20-21-13(4)14(5)27-20)11-15-7-9-16(10-8-15)18(24)22-17(12(2)3)19(25)26/h7-10,12,17H,6,11H2,1-5H3,(H,22,24)(H,25,26). The van der Waals surface area contributed by atoms with Crippen molar-refractivity contribution in [2.75, 3.05) is 11.4 Å². The number of carbonyl (C=O) groups excluding carboxylic acids is 1. The molecular formula is C20H27N3O3S. The maximum atomic E-state index is 12.3. The minimum atomic E-state index is -1.03. The number of nitrogens with zero attached hydrogens (tertiary/aromatic N) is 2. The number of carboxylic acids is 1. The van der Waals surface area contributed by atoms with E-state index in [2.05, 4.69) is 29.0 Å². The number of amides is 1. The van der Waals surface area contributed by atoms with Crippen LogP contribution in [0.5, 0.6) is 0 Å². The van der Waals surface area contributed by atoms with Crippen LogP contribution in [0.25, 0.3) is 0 Å². The first kappa shape index (κ1) is 20.9. The highest BCUT2D eigenvalue weighted by atomic mass is 32.1. The fourth-order valence-corrected chi connectivity index (χ4v) is 3.60. The Morgan fingerprint density at radius 3 is 2.30 bits per heavy atom. The fourth-order valence-electron chi connectivity index (χ4n) is 2.63. The molecule has 0 aliphatic heterocycles. The highest BCUT2D eigenvalue weighted by Crippen LogP contribution is 2.26. The van der Waals surface area contributed by atoms with Crippen molar-refractivity contribution in [2.45, 2.75) is 47.2 Å². The fraction of sp³-hybridized carbons (Fsp3) is 0.450. The van der Waals surface area contributed by atoms with E-state index < -0.39 is 12.0 Å². The SMILES string of the molecule is CCN(Cc1ccc(C(=O)NC(C(=O)O)C(C)C)cc1)c1nc(C)c(C)s1. The average Bonchev–Trinajstić information content (AvgIpc) is 2.96. The summed E-state index contributed by atoms with van der Waals surface area (Å²) in [6.45, 7) is 11.2. The van der Waals surface area contributed by atoms with E-state index >= 15 is 0 Å². The molecule has 0 radical (unpaired) electrons. The van der Waals surface area contributed by atoms with Crippen molar-refractivity contribution in [3.05, 3.63) is 46.0 Å². The molecule has 2 rings (SSSR count). The summed E-state index contributed by atoms with van der Waals surface area (Å²) in [5, 5.41) is 12.8. The van der Waals surface area contributed by atoms with E-state index in [-0.39, 0.29) is 11.8 Å². The number of rotatable bonds is 8. The lowest BCUT2D eigenvalue weighted by molar-refractivity contribution is -0.140. The Bertz CT molecular complexity index is 780. The number of aliphatic carboxylic acids is 1. The average molecular weight is 390 g/mol. The lowest BCUT2D eigenvalue weighted by atomic mass is 10.0. The van der Waals surface area contributed by atoms with Gasteiger partial charge in [-0.05, 0) is 44.4 Å². The topological polar surface area (TPSA) is 82.5 Å². The predicted octanol–water partition coefficient (Wildman–Crippen LogP) is 3.63. The first-order valence-corrected chi connectivity index (χ1v) is 9.86. The Morgan fingerprint density at radius 2 is 1.85 bits per heavy atom. The van der Waals surface area contributed by atoms with E-state index in [1.807, 2.05) is 19.1 Å². The number of carboxylic acid groups (broad SMARTS) is 1. The van der Waals surface area contributed by atoms with Gasteiger partial charge in [-0.15, -0.1) is 11.3 Å². The van der Waals surface area contributed by atoms with Gasteiger partial charge in [0.1, 0.15) is 6.04 Å². The van der Waals surface area contributed by atoms with Gasteiger partial charge >= 0.3 is 5.97 Å². The van der Waals surface area contributed by atoms with E-state index in [1.54, 1.807) is 37.3 Å². The normalized spacial score (nSPS) is 12.1. The minimum Gasteiger partial charge on any atom is -0.480 e. The zero-order valence-corrected chi connectivity index (χ0v) is 17.3. The van der Waals surface area contributed by atoms with Gasteiger partial charge in [-0.2, -0.15) is 0 Å². The van der Waals surface area contributed by atoms with Gasteiger partial charge < -0.3 is 15.3 Å². The summed E-state index contributed by atoms with van der Waals surface area (Å²) < 4.78 is 0. The van der Waals surface area contributed by atoms with Crippen molar-refractivity contribution < 1.29 is 14.7 Å². The van der Waals surface area contributed by atoms with Crippen LogP contribution in [0, 0.1) is 19.8 Å². The number of thiazole rings is 1. The van der Waals surface area contributed by atoms with Crippen LogP contribution in [0.1, 0.15) is 47.3 Å². The van der Waals surface area contributed by atoms with E-state index in [0.29, 0.717) is 12.1 Å². The van der Waals surface area contributed by atoms with Crippen molar-refractivity contribution in [3.63, 3.8) is 0 Å². The molecule has 7 heteroatoms. The lowest BCUT2D eigenvalue weighted by Gasteiger charge is -2.20. The molecule has 27 heavy (non-hydrogen) atoms. The van der Waals surface area contributed by atoms with Crippen molar-refractivity contribution >= 4 is 28.3 Å². The first-order chi connectivity index (χ1) is 12.7. The van der Waals surface area contributed by atoms with E-state index in [0.717, 1.165) is 22.9 Å². The Labute approximate surface area is 164 Å². The summed E-state index contributed by atoms with van der Waals surface area (Å²) in [7, 11) is 0. The Kier molecular flexibility index (Phi) is 6.96. The first-order valence-electron chi connectivity index (χ1n) is 9.04. The van der Waals surface area contributed by atoms with Crippen molar-refractivity contribution in [1.29, 1.82) is 0 Å². The molecule has 0 saturated carbocycles. The molecule has 0 saturated heterocycles. The molecule has 0 fully saturated rings. The van der Waals surface area contributed by atoms with Gasteiger partial charge in [0.25, 0.3) is 5.91 Å². The van der Waals surface area contributed by atoms with Crippen LogP contribution in [0.3, 0.4) is 0 Å². The van der Waals surface area contributed by atoms with E-state index in [1.165, 1.54) is 4.88 Å². The lowest BCUT2D eigenvalue weighted by Crippen LogP contribution is -2.44. The second-order valence-corrected chi connectivity index (χ2v) is 8.06. The van der Waals surface area contributed by atoms with Crippen LogP contribution in [-0.4, -0.2) is 34.6 Å². The molecule has 2 N–H and O–H groups in total. The maximum Gasteiger partial charge on any atom is 0.326 e. The second-order valence-electron chi connectivity index (χ2n) is 6.88. The van der Waals surface area contributed by atoms with Crippen LogP contribution < -0.4 is 10.2 Å². The van der Waals surface area contributed by atoms with Gasteiger partial charge in [0.15, 0.2) is 5.13 Å². The molecule has 1 heterocycles. The van der Waals surface area contributed by atoms with E-state index in [4.69, 9.17) is 0 Å². The number of hydrogen-bond donors (Lipinski definition) is 2. The summed E-state index contributed by atoms with van der Waals surface area (Å²) in [4.78, 5) is 31.6. The van der Waals surface area contributed by atoms with E-state index in [9.17, 15) is 14.7 Å². The van der Waals surface area contributed by atoms with Crippen molar-refractivity contribution in [2.24, 2.45) is 5.92 Å². The number of hydrogen-bond acceptors (Lipinski definition) is 5. The third-order valence-electron chi connectivity index (χ3n) is 4.48. The molecule has 0 aliphatic carbocycles. The number of nitrogens with one attached hydrogen (secondary N) is 1. The molecular weight excluding hydrogens is 362 g/mol. The molecule has 1 amide bonds. The monoisotopic (exact) mass is 389 g/mol. The molecule has 2 aromatic rings. The number of carbonyl (C=O) groups is 2. The molecule has 0 spiro atoms. The summed E-state index contributed by atoms with van der Waals surface area (Å²) in [6.07, 6.45) is 0. The Balaban J connectivity index is 2.07. The second kappa shape index (κ2) is 8.99. The maximum absolute atomic E-state index is 12.3. The molecule has 0 bridgehead atoms. The molecule has 6 nitrogen and oxygen atoms in total.